The number of benzene rings is 1. The highest BCUT2D eigenvalue weighted by molar-refractivity contribution is 6.19. The third-order valence-corrected chi connectivity index (χ3v) is 2.06. The zero-order chi connectivity index (χ0) is 10.7. The zero-order valence-corrected chi connectivity index (χ0v) is 8.37. The van der Waals surface area contributed by atoms with E-state index in [0.29, 0.717) is 0 Å². The van der Waals surface area contributed by atoms with Gasteiger partial charge in [0.2, 0.25) is 0 Å². The van der Waals surface area contributed by atoms with Crippen molar-refractivity contribution in [2.45, 2.75) is 13.3 Å². The third-order valence-electron chi connectivity index (χ3n) is 1.87. The highest BCUT2D eigenvalue weighted by atomic mass is 35.5. The summed E-state index contributed by atoms with van der Waals surface area (Å²) in [5.41, 5.74) is 0.161. The second-order valence-corrected chi connectivity index (χ2v) is 3.32. The molecular weight excluding hydrogens is 210 g/mol. The Labute approximate surface area is 85.7 Å². The van der Waals surface area contributed by atoms with E-state index in [9.17, 15) is 13.6 Å². The summed E-state index contributed by atoms with van der Waals surface area (Å²) in [4.78, 5) is 11.3. The van der Waals surface area contributed by atoms with Crippen LogP contribution in [0.1, 0.15) is 22.3 Å². The minimum atomic E-state index is -0.830. The fraction of sp³-hybridized carbons (Fsp3) is 0.300. The summed E-state index contributed by atoms with van der Waals surface area (Å²) in [7, 11) is 0. The molecule has 0 unspecified atom stereocenters. The van der Waals surface area contributed by atoms with Crippen LogP contribution in [0.25, 0.3) is 0 Å². The molecular formula is C10H9ClF2O. The molecule has 0 aromatic heterocycles. The Balaban J connectivity index is 3.09. The SMILES string of the molecule is Cc1cc(C(=O)CCCl)c(F)cc1F. The lowest BCUT2D eigenvalue weighted by Gasteiger charge is -2.03. The molecule has 0 spiro atoms. The van der Waals surface area contributed by atoms with E-state index in [1.54, 1.807) is 0 Å². The van der Waals surface area contributed by atoms with Crippen LogP contribution in [0.15, 0.2) is 12.1 Å². The zero-order valence-electron chi connectivity index (χ0n) is 7.61. The monoisotopic (exact) mass is 218 g/mol. The van der Waals surface area contributed by atoms with Gasteiger partial charge in [0.15, 0.2) is 5.78 Å². The Morgan fingerprint density at radius 1 is 1.36 bits per heavy atom. The van der Waals surface area contributed by atoms with Crippen molar-refractivity contribution in [3.05, 3.63) is 34.9 Å². The van der Waals surface area contributed by atoms with Gasteiger partial charge in [-0.15, -0.1) is 11.6 Å². The maximum Gasteiger partial charge on any atom is 0.167 e. The number of halogens is 3. The average Bonchev–Trinajstić information content (AvgIpc) is 2.11. The molecule has 0 aliphatic heterocycles. The van der Waals surface area contributed by atoms with Crippen molar-refractivity contribution in [3.63, 3.8) is 0 Å². The van der Waals surface area contributed by atoms with Crippen LogP contribution < -0.4 is 0 Å². The normalized spacial score (nSPS) is 10.3. The van der Waals surface area contributed by atoms with Crippen molar-refractivity contribution in [2.75, 3.05) is 5.88 Å². The minimum absolute atomic E-state index is 0.0591. The molecule has 0 N–H and O–H groups in total. The lowest BCUT2D eigenvalue weighted by atomic mass is 10.1. The van der Waals surface area contributed by atoms with E-state index >= 15 is 0 Å². The molecule has 0 bridgehead atoms. The second kappa shape index (κ2) is 4.51. The Morgan fingerprint density at radius 3 is 2.57 bits per heavy atom. The molecule has 1 nitrogen and oxygen atoms in total. The maximum absolute atomic E-state index is 13.1. The van der Waals surface area contributed by atoms with Gasteiger partial charge in [0.05, 0.1) is 5.56 Å². The largest absolute Gasteiger partial charge is 0.294 e. The van der Waals surface area contributed by atoms with E-state index in [1.165, 1.54) is 13.0 Å². The molecule has 0 aliphatic rings. The lowest BCUT2D eigenvalue weighted by Crippen LogP contribution is -2.04. The van der Waals surface area contributed by atoms with Crippen molar-refractivity contribution in [2.24, 2.45) is 0 Å². The first kappa shape index (κ1) is 11.1. The molecule has 76 valence electrons. The van der Waals surface area contributed by atoms with Crippen LogP contribution in [0.4, 0.5) is 8.78 Å². The Morgan fingerprint density at radius 2 is 2.00 bits per heavy atom. The minimum Gasteiger partial charge on any atom is -0.294 e. The van der Waals surface area contributed by atoms with Crippen molar-refractivity contribution in [1.82, 2.24) is 0 Å². The standard InChI is InChI=1S/C10H9ClF2O/c1-6-4-7(10(14)2-3-11)9(13)5-8(6)12/h4-5H,2-3H2,1H3. The van der Waals surface area contributed by atoms with E-state index in [4.69, 9.17) is 11.6 Å². The predicted octanol–water partition coefficient (Wildman–Crippen LogP) is 3.08. The van der Waals surface area contributed by atoms with Crippen molar-refractivity contribution >= 4 is 17.4 Å². The van der Waals surface area contributed by atoms with Gasteiger partial charge in [0.25, 0.3) is 0 Å². The summed E-state index contributed by atoms with van der Waals surface area (Å²) in [6, 6.07) is 1.93. The van der Waals surface area contributed by atoms with Crippen molar-refractivity contribution < 1.29 is 13.6 Å². The predicted molar refractivity (Wildman–Crippen MR) is 50.8 cm³/mol. The summed E-state index contributed by atoms with van der Waals surface area (Å²) in [5.74, 6) is -1.75. The number of Topliss-reactive ketones (excluding diaryl/α,β-unsaturated/α-hetero) is 1. The molecule has 1 aromatic rings. The van der Waals surface area contributed by atoms with Crippen LogP contribution in [0, 0.1) is 18.6 Å². The molecule has 0 atom stereocenters. The number of carbonyl (C=O) groups excluding carboxylic acids is 1. The van der Waals surface area contributed by atoms with E-state index in [-0.39, 0.29) is 23.4 Å². The first-order valence-corrected chi connectivity index (χ1v) is 4.64. The van der Waals surface area contributed by atoms with Gasteiger partial charge in [0.1, 0.15) is 11.6 Å². The fourth-order valence-electron chi connectivity index (χ4n) is 1.09. The molecule has 0 saturated carbocycles. The van der Waals surface area contributed by atoms with Gasteiger partial charge in [-0.3, -0.25) is 4.79 Å². The topological polar surface area (TPSA) is 17.1 Å². The summed E-state index contributed by atoms with van der Waals surface area (Å²) < 4.78 is 25.9. The molecule has 0 heterocycles. The first-order chi connectivity index (χ1) is 6.56. The lowest BCUT2D eigenvalue weighted by molar-refractivity contribution is 0.0985. The Kier molecular flexibility index (Phi) is 3.58. The Hall–Kier alpha value is -0.960. The number of alkyl halides is 1. The summed E-state index contributed by atoms with van der Waals surface area (Å²) in [6.45, 7) is 1.48. The maximum atomic E-state index is 13.1. The van der Waals surface area contributed by atoms with Crippen LogP contribution in [-0.4, -0.2) is 11.7 Å². The van der Waals surface area contributed by atoms with Gasteiger partial charge in [-0.1, -0.05) is 0 Å². The molecule has 0 fully saturated rings. The fourth-order valence-corrected chi connectivity index (χ4v) is 1.26. The molecule has 14 heavy (non-hydrogen) atoms. The van der Waals surface area contributed by atoms with Gasteiger partial charge >= 0.3 is 0 Å². The van der Waals surface area contributed by atoms with Crippen LogP contribution in [-0.2, 0) is 0 Å². The number of rotatable bonds is 3. The first-order valence-electron chi connectivity index (χ1n) is 4.11. The van der Waals surface area contributed by atoms with E-state index in [1.807, 2.05) is 0 Å². The average molecular weight is 219 g/mol. The van der Waals surface area contributed by atoms with Gasteiger partial charge in [-0.25, -0.2) is 8.78 Å². The van der Waals surface area contributed by atoms with E-state index in [0.717, 1.165) is 6.07 Å². The van der Waals surface area contributed by atoms with Crippen LogP contribution in [0.2, 0.25) is 0 Å². The molecule has 1 rings (SSSR count). The van der Waals surface area contributed by atoms with E-state index in [2.05, 4.69) is 0 Å². The van der Waals surface area contributed by atoms with Crippen molar-refractivity contribution in [3.8, 4) is 0 Å². The quantitative estimate of drug-likeness (QED) is 0.563. The second-order valence-electron chi connectivity index (χ2n) is 2.94. The summed E-state index contributed by atoms with van der Waals surface area (Å²) in [5, 5.41) is 0. The summed E-state index contributed by atoms with van der Waals surface area (Å²) >= 11 is 5.35. The van der Waals surface area contributed by atoms with E-state index < -0.39 is 17.4 Å². The smallest absolute Gasteiger partial charge is 0.167 e. The van der Waals surface area contributed by atoms with Gasteiger partial charge in [-0.05, 0) is 18.6 Å². The molecule has 0 saturated heterocycles. The molecule has 4 heteroatoms. The number of ketones is 1. The number of hydrogen-bond donors (Lipinski definition) is 0. The van der Waals surface area contributed by atoms with Gasteiger partial charge in [-0.2, -0.15) is 0 Å². The Bertz CT molecular complexity index is 363. The molecule has 0 aliphatic carbocycles. The molecule has 0 radical (unpaired) electrons. The molecule has 0 amide bonds. The van der Waals surface area contributed by atoms with Gasteiger partial charge < -0.3 is 0 Å². The summed E-state index contributed by atoms with van der Waals surface area (Å²) in [6.07, 6.45) is 0.0591. The van der Waals surface area contributed by atoms with Gasteiger partial charge in [0, 0.05) is 18.4 Å². The number of aryl methyl sites for hydroxylation is 1. The number of carbonyl (C=O) groups is 1. The highest BCUT2D eigenvalue weighted by Crippen LogP contribution is 2.15. The van der Waals surface area contributed by atoms with Crippen LogP contribution in [0.5, 0.6) is 0 Å². The third kappa shape index (κ3) is 2.29. The van der Waals surface area contributed by atoms with Crippen LogP contribution in [0.3, 0.4) is 0 Å². The van der Waals surface area contributed by atoms with Crippen molar-refractivity contribution in [1.29, 1.82) is 0 Å². The highest BCUT2D eigenvalue weighted by Gasteiger charge is 2.13. The number of hydrogen-bond acceptors (Lipinski definition) is 1. The van der Waals surface area contributed by atoms with Crippen LogP contribution >= 0.6 is 11.6 Å². The molecule has 1 aromatic carbocycles.